The van der Waals surface area contributed by atoms with Crippen LogP contribution in [0.2, 0.25) is 0 Å². The van der Waals surface area contributed by atoms with Crippen LogP contribution in [0, 0.1) is 0 Å². The quantitative estimate of drug-likeness (QED) is 0.865. The molecule has 1 aromatic carbocycles. The summed E-state index contributed by atoms with van der Waals surface area (Å²) in [6.07, 6.45) is 0. The molecule has 20 heavy (non-hydrogen) atoms. The molecule has 0 atom stereocenters. The van der Waals surface area contributed by atoms with E-state index in [4.69, 9.17) is 0 Å². The van der Waals surface area contributed by atoms with Crippen LogP contribution in [0.3, 0.4) is 0 Å². The van der Waals surface area contributed by atoms with Crippen molar-refractivity contribution in [3.8, 4) is 0 Å². The highest BCUT2D eigenvalue weighted by Crippen LogP contribution is 2.36. The van der Waals surface area contributed by atoms with Gasteiger partial charge >= 0.3 is 11.9 Å². The summed E-state index contributed by atoms with van der Waals surface area (Å²) in [5.41, 5.74) is -1.56. The fraction of sp³-hybridized carbons (Fsp3) is 0.250. The molecule has 0 unspecified atom stereocenters. The SMILES string of the molecule is CCOC(=O)c1n[nH]nc1C(F)(F)c1ccc(Br)cc1. The Labute approximate surface area is 121 Å². The number of carbonyl (C=O) groups is 1. The van der Waals surface area contributed by atoms with Gasteiger partial charge in [-0.3, -0.25) is 0 Å². The summed E-state index contributed by atoms with van der Waals surface area (Å²) in [6.45, 7) is 1.64. The zero-order chi connectivity index (χ0) is 14.8. The Hall–Kier alpha value is -1.83. The molecule has 0 radical (unpaired) electrons. The van der Waals surface area contributed by atoms with Gasteiger partial charge < -0.3 is 4.74 Å². The van der Waals surface area contributed by atoms with Crippen LogP contribution in [0.1, 0.15) is 28.7 Å². The number of esters is 1. The van der Waals surface area contributed by atoms with E-state index in [0.29, 0.717) is 4.47 Å². The number of alkyl halides is 2. The lowest BCUT2D eigenvalue weighted by atomic mass is 10.0. The molecule has 0 aliphatic rings. The number of rotatable bonds is 4. The number of aromatic nitrogens is 3. The summed E-state index contributed by atoms with van der Waals surface area (Å²) in [5, 5.41) is 8.87. The van der Waals surface area contributed by atoms with E-state index in [9.17, 15) is 13.6 Å². The van der Waals surface area contributed by atoms with Crippen molar-refractivity contribution < 1.29 is 18.3 Å². The monoisotopic (exact) mass is 345 g/mol. The Balaban J connectivity index is 2.42. The predicted octanol–water partition coefficient (Wildman–Crippen LogP) is 2.88. The molecule has 2 aromatic rings. The maximum atomic E-state index is 14.4. The second kappa shape index (κ2) is 5.66. The number of halogens is 3. The first kappa shape index (κ1) is 14.6. The van der Waals surface area contributed by atoms with E-state index in [1.165, 1.54) is 24.3 Å². The molecule has 0 saturated carbocycles. The van der Waals surface area contributed by atoms with Gasteiger partial charge in [-0.15, -0.1) is 5.10 Å². The number of aromatic amines is 1. The lowest BCUT2D eigenvalue weighted by molar-refractivity contribution is 0.0319. The van der Waals surface area contributed by atoms with Crippen molar-refractivity contribution in [2.45, 2.75) is 12.8 Å². The number of H-pyrrole nitrogens is 1. The van der Waals surface area contributed by atoms with E-state index < -0.39 is 23.3 Å². The third-order valence-corrected chi connectivity index (χ3v) is 3.05. The van der Waals surface area contributed by atoms with E-state index in [2.05, 4.69) is 30.9 Å². The van der Waals surface area contributed by atoms with Crippen LogP contribution < -0.4 is 0 Å². The number of hydrogen-bond acceptors (Lipinski definition) is 4. The van der Waals surface area contributed by atoms with Crippen LogP contribution in [0.5, 0.6) is 0 Å². The molecule has 0 aliphatic heterocycles. The van der Waals surface area contributed by atoms with Crippen LogP contribution in [-0.2, 0) is 10.7 Å². The van der Waals surface area contributed by atoms with Gasteiger partial charge in [0.25, 0.3) is 0 Å². The summed E-state index contributed by atoms with van der Waals surface area (Å²) < 4.78 is 34.1. The number of hydrogen-bond donors (Lipinski definition) is 1. The molecule has 5 nitrogen and oxygen atoms in total. The highest BCUT2D eigenvalue weighted by Gasteiger charge is 2.41. The summed E-state index contributed by atoms with van der Waals surface area (Å²) in [4.78, 5) is 11.6. The minimum atomic E-state index is -3.45. The van der Waals surface area contributed by atoms with Gasteiger partial charge in [0.05, 0.1) is 6.61 Å². The van der Waals surface area contributed by atoms with Crippen molar-refractivity contribution >= 4 is 21.9 Å². The molecule has 8 heteroatoms. The molecule has 0 bridgehead atoms. The Kier molecular flexibility index (Phi) is 4.12. The number of ether oxygens (including phenoxy) is 1. The van der Waals surface area contributed by atoms with E-state index >= 15 is 0 Å². The number of nitrogens with zero attached hydrogens (tertiary/aromatic N) is 2. The number of carbonyl (C=O) groups excluding carboxylic acids is 1. The maximum absolute atomic E-state index is 14.4. The fourth-order valence-corrected chi connectivity index (χ4v) is 1.85. The van der Waals surface area contributed by atoms with Crippen molar-refractivity contribution in [1.82, 2.24) is 15.4 Å². The van der Waals surface area contributed by atoms with Crippen molar-refractivity contribution in [2.24, 2.45) is 0 Å². The number of nitrogens with one attached hydrogen (secondary N) is 1. The summed E-state index contributed by atoms with van der Waals surface area (Å²) in [6, 6.07) is 5.45. The zero-order valence-electron chi connectivity index (χ0n) is 10.4. The minimum absolute atomic E-state index is 0.0645. The first-order valence-electron chi connectivity index (χ1n) is 5.69. The fourth-order valence-electron chi connectivity index (χ4n) is 1.59. The van der Waals surface area contributed by atoms with E-state index in [0.717, 1.165) is 0 Å². The van der Waals surface area contributed by atoms with Crippen molar-refractivity contribution in [3.05, 3.63) is 45.7 Å². The van der Waals surface area contributed by atoms with Crippen LogP contribution in [-0.4, -0.2) is 28.0 Å². The van der Waals surface area contributed by atoms with E-state index in [1.807, 2.05) is 5.21 Å². The average molecular weight is 346 g/mol. The predicted molar refractivity (Wildman–Crippen MR) is 69.5 cm³/mol. The zero-order valence-corrected chi connectivity index (χ0v) is 11.9. The summed E-state index contributed by atoms with van der Waals surface area (Å²) >= 11 is 3.17. The molecule has 0 fully saturated rings. The normalized spacial score (nSPS) is 11.4. The lowest BCUT2D eigenvalue weighted by Gasteiger charge is -2.15. The van der Waals surface area contributed by atoms with Crippen LogP contribution >= 0.6 is 15.9 Å². The van der Waals surface area contributed by atoms with Crippen LogP contribution in [0.15, 0.2) is 28.7 Å². The smallest absolute Gasteiger partial charge is 0.361 e. The van der Waals surface area contributed by atoms with Gasteiger partial charge in [0.15, 0.2) is 11.4 Å². The molecular formula is C12H10BrF2N3O2. The van der Waals surface area contributed by atoms with Crippen LogP contribution in [0.25, 0.3) is 0 Å². The average Bonchev–Trinajstić information content (AvgIpc) is 2.89. The molecule has 106 valence electrons. The van der Waals surface area contributed by atoms with Gasteiger partial charge in [-0.2, -0.15) is 19.1 Å². The minimum Gasteiger partial charge on any atom is -0.461 e. The van der Waals surface area contributed by atoms with Gasteiger partial charge in [-0.25, -0.2) is 4.79 Å². The van der Waals surface area contributed by atoms with Gasteiger partial charge in [-0.1, -0.05) is 28.1 Å². The first-order valence-corrected chi connectivity index (χ1v) is 6.48. The second-order valence-electron chi connectivity index (χ2n) is 3.82. The highest BCUT2D eigenvalue weighted by atomic mass is 79.9. The molecular weight excluding hydrogens is 336 g/mol. The first-order chi connectivity index (χ1) is 9.46. The van der Waals surface area contributed by atoms with Gasteiger partial charge in [0.1, 0.15) is 0 Å². The standard InChI is InChI=1S/C12H10BrF2N3O2/c1-2-20-11(19)9-10(17-18-16-9)12(14,15)7-3-5-8(13)6-4-7/h3-6H,2H2,1H3,(H,16,17,18). The Bertz CT molecular complexity index is 613. The summed E-state index contributed by atoms with van der Waals surface area (Å²) in [5.74, 6) is -4.39. The summed E-state index contributed by atoms with van der Waals surface area (Å²) in [7, 11) is 0. The topological polar surface area (TPSA) is 67.9 Å². The molecule has 0 aliphatic carbocycles. The van der Waals surface area contributed by atoms with Crippen molar-refractivity contribution in [1.29, 1.82) is 0 Å². The molecule has 1 heterocycles. The molecule has 2 rings (SSSR count). The second-order valence-corrected chi connectivity index (χ2v) is 4.74. The van der Waals surface area contributed by atoms with Crippen molar-refractivity contribution in [3.63, 3.8) is 0 Å². The largest absolute Gasteiger partial charge is 0.461 e. The molecule has 1 aromatic heterocycles. The molecule has 0 amide bonds. The van der Waals surface area contributed by atoms with Crippen molar-refractivity contribution in [2.75, 3.05) is 6.61 Å². The Morgan fingerprint density at radius 3 is 2.60 bits per heavy atom. The Morgan fingerprint density at radius 1 is 1.35 bits per heavy atom. The van der Waals surface area contributed by atoms with E-state index in [-0.39, 0.29) is 12.2 Å². The molecule has 1 N–H and O–H groups in total. The highest BCUT2D eigenvalue weighted by molar-refractivity contribution is 9.10. The van der Waals surface area contributed by atoms with Gasteiger partial charge in [0.2, 0.25) is 0 Å². The Morgan fingerprint density at radius 2 is 2.00 bits per heavy atom. The lowest BCUT2D eigenvalue weighted by Crippen LogP contribution is -2.20. The number of benzene rings is 1. The molecule has 0 spiro atoms. The van der Waals surface area contributed by atoms with E-state index in [1.54, 1.807) is 6.92 Å². The molecule has 0 saturated heterocycles. The van der Waals surface area contributed by atoms with Gasteiger partial charge in [0, 0.05) is 10.0 Å². The third kappa shape index (κ3) is 2.69. The van der Waals surface area contributed by atoms with Crippen LogP contribution in [0.4, 0.5) is 8.78 Å². The maximum Gasteiger partial charge on any atom is 0.361 e. The van der Waals surface area contributed by atoms with Gasteiger partial charge in [-0.05, 0) is 19.1 Å². The third-order valence-electron chi connectivity index (χ3n) is 2.52.